The normalized spacial score (nSPS) is 19.3. The molecule has 1 atom stereocenters. The number of rotatable bonds is 5. The van der Waals surface area contributed by atoms with Crippen molar-refractivity contribution in [2.24, 2.45) is 5.92 Å². The molecular weight excluding hydrogens is 266 g/mol. The van der Waals surface area contributed by atoms with E-state index in [2.05, 4.69) is 28.9 Å². The summed E-state index contributed by atoms with van der Waals surface area (Å²) >= 11 is 0. The van der Waals surface area contributed by atoms with Crippen LogP contribution in [0.5, 0.6) is 0 Å². The third-order valence-corrected chi connectivity index (χ3v) is 3.87. The fourth-order valence-electron chi connectivity index (χ4n) is 2.90. The summed E-state index contributed by atoms with van der Waals surface area (Å²) in [5.41, 5.74) is 1.88. The van der Waals surface area contributed by atoms with Gasteiger partial charge in [-0.25, -0.2) is 9.78 Å². The molecule has 1 aliphatic rings. The molecule has 114 valence electrons. The van der Waals surface area contributed by atoms with Gasteiger partial charge in [0.1, 0.15) is 5.82 Å². The second-order valence-corrected chi connectivity index (χ2v) is 5.88. The quantitative estimate of drug-likeness (QED) is 0.839. The van der Waals surface area contributed by atoms with Crippen molar-refractivity contribution in [3.05, 3.63) is 29.5 Å². The minimum absolute atomic E-state index is 0.688. The Hall–Kier alpha value is -1.88. The number of hydrogen-bond donors (Lipinski definition) is 1. The van der Waals surface area contributed by atoms with Crippen LogP contribution in [-0.2, 0) is 4.79 Å². The molecule has 21 heavy (non-hydrogen) atoms. The molecule has 1 saturated heterocycles. The molecule has 1 N–H and O–H groups in total. The highest BCUT2D eigenvalue weighted by Crippen LogP contribution is 2.21. The zero-order chi connectivity index (χ0) is 15.4. The summed E-state index contributed by atoms with van der Waals surface area (Å²) < 4.78 is 0. The Balaban J connectivity index is 2.04. The number of nitrogens with zero attached hydrogens (tertiary/aromatic N) is 3. The molecule has 1 fully saturated rings. The number of aliphatic carboxylic acids is 1. The van der Waals surface area contributed by atoms with E-state index in [0.717, 1.165) is 36.1 Å². The van der Waals surface area contributed by atoms with Crippen LogP contribution in [0.3, 0.4) is 0 Å². The van der Waals surface area contributed by atoms with E-state index in [1.807, 2.05) is 13.0 Å². The average Bonchev–Trinajstić information content (AvgIpc) is 2.81. The second kappa shape index (κ2) is 6.72. The van der Waals surface area contributed by atoms with Gasteiger partial charge < -0.3 is 14.9 Å². The molecule has 0 spiro atoms. The summed E-state index contributed by atoms with van der Waals surface area (Å²) in [6, 6.07) is 1.97. The molecule has 1 aliphatic heterocycles. The fourth-order valence-corrected chi connectivity index (χ4v) is 2.90. The van der Waals surface area contributed by atoms with Gasteiger partial charge in [-0.2, -0.15) is 0 Å². The maximum atomic E-state index is 10.5. The zero-order valence-corrected chi connectivity index (χ0v) is 12.9. The Morgan fingerprint density at radius 2 is 2.38 bits per heavy atom. The third-order valence-electron chi connectivity index (χ3n) is 3.87. The van der Waals surface area contributed by atoms with Gasteiger partial charge in [0.2, 0.25) is 0 Å². The van der Waals surface area contributed by atoms with Crippen LogP contribution in [-0.4, -0.2) is 54.7 Å². The van der Waals surface area contributed by atoms with Crippen LogP contribution in [0.1, 0.15) is 17.5 Å². The van der Waals surface area contributed by atoms with Crippen molar-refractivity contribution >= 4 is 17.9 Å². The highest BCUT2D eigenvalue weighted by atomic mass is 16.4. The Kier molecular flexibility index (Phi) is 4.96. The average molecular weight is 289 g/mol. The number of carbonyl (C=O) groups is 1. The van der Waals surface area contributed by atoms with Crippen molar-refractivity contribution in [2.75, 3.05) is 38.6 Å². The van der Waals surface area contributed by atoms with Gasteiger partial charge in [-0.15, -0.1) is 0 Å². The molecule has 2 rings (SSSR count). The van der Waals surface area contributed by atoms with E-state index in [-0.39, 0.29) is 0 Å². The van der Waals surface area contributed by atoms with Gasteiger partial charge in [0.15, 0.2) is 0 Å². The van der Waals surface area contributed by atoms with Gasteiger partial charge in [0.05, 0.1) is 0 Å². The van der Waals surface area contributed by atoms with Gasteiger partial charge in [-0.1, -0.05) is 0 Å². The minimum Gasteiger partial charge on any atom is -0.478 e. The monoisotopic (exact) mass is 289 g/mol. The first kappa shape index (κ1) is 15.5. The first-order valence-electron chi connectivity index (χ1n) is 7.23. The highest BCUT2D eigenvalue weighted by Gasteiger charge is 2.21. The summed E-state index contributed by atoms with van der Waals surface area (Å²) in [7, 11) is 4.23. The Morgan fingerprint density at radius 3 is 2.95 bits per heavy atom. The van der Waals surface area contributed by atoms with E-state index in [4.69, 9.17) is 5.11 Å². The number of carboxylic acid groups (broad SMARTS) is 1. The van der Waals surface area contributed by atoms with Crippen molar-refractivity contribution in [3.8, 4) is 0 Å². The number of aromatic nitrogens is 1. The molecule has 0 saturated carbocycles. The Labute approximate surface area is 125 Å². The van der Waals surface area contributed by atoms with Gasteiger partial charge in [0.25, 0.3) is 0 Å². The van der Waals surface area contributed by atoms with E-state index >= 15 is 0 Å². The molecule has 0 amide bonds. The lowest BCUT2D eigenvalue weighted by molar-refractivity contribution is -0.131. The van der Waals surface area contributed by atoms with Crippen molar-refractivity contribution in [1.29, 1.82) is 0 Å². The van der Waals surface area contributed by atoms with Gasteiger partial charge in [-0.3, -0.25) is 0 Å². The number of hydrogen-bond acceptors (Lipinski definition) is 4. The molecule has 0 aliphatic carbocycles. The topological polar surface area (TPSA) is 56.7 Å². The maximum Gasteiger partial charge on any atom is 0.328 e. The summed E-state index contributed by atoms with van der Waals surface area (Å²) in [5.74, 6) is 0.712. The lowest BCUT2D eigenvalue weighted by Crippen LogP contribution is -2.28. The molecule has 1 aromatic rings. The molecule has 1 unspecified atom stereocenters. The third kappa shape index (κ3) is 4.29. The molecule has 0 aromatic carbocycles. The summed E-state index contributed by atoms with van der Waals surface area (Å²) in [6.45, 7) is 5.33. The van der Waals surface area contributed by atoms with Crippen LogP contribution in [0.4, 0.5) is 5.82 Å². The van der Waals surface area contributed by atoms with Crippen LogP contribution >= 0.6 is 0 Å². The van der Waals surface area contributed by atoms with Crippen molar-refractivity contribution in [3.63, 3.8) is 0 Å². The molecule has 0 bridgehead atoms. The smallest absolute Gasteiger partial charge is 0.328 e. The first-order valence-corrected chi connectivity index (χ1v) is 7.23. The second-order valence-electron chi connectivity index (χ2n) is 5.88. The van der Waals surface area contributed by atoms with Crippen molar-refractivity contribution < 1.29 is 9.90 Å². The lowest BCUT2D eigenvalue weighted by atomic mass is 10.1. The zero-order valence-electron chi connectivity index (χ0n) is 12.9. The predicted molar refractivity (Wildman–Crippen MR) is 84.5 cm³/mol. The number of pyridine rings is 1. The minimum atomic E-state index is -0.945. The SMILES string of the molecule is Cc1cc(/C=C/C(=O)O)cnc1N(C)CC1CCN(C)C1. The van der Waals surface area contributed by atoms with Gasteiger partial charge in [-0.05, 0) is 56.1 Å². The fraction of sp³-hybridized carbons (Fsp3) is 0.500. The molecule has 1 aromatic heterocycles. The van der Waals surface area contributed by atoms with Gasteiger partial charge >= 0.3 is 5.97 Å². The van der Waals surface area contributed by atoms with E-state index in [1.165, 1.54) is 13.0 Å². The first-order chi connectivity index (χ1) is 9.95. The van der Waals surface area contributed by atoms with Crippen LogP contribution in [0, 0.1) is 12.8 Å². The summed E-state index contributed by atoms with van der Waals surface area (Å²) in [4.78, 5) is 19.6. The predicted octanol–water partition coefficient (Wildman–Crippen LogP) is 1.88. The Morgan fingerprint density at radius 1 is 1.62 bits per heavy atom. The molecule has 2 heterocycles. The number of aryl methyl sites for hydroxylation is 1. The van der Waals surface area contributed by atoms with Crippen molar-refractivity contribution in [1.82, 2.24) is 9.88 Å². The molecular formula is C16H23N3O2. The van der Waals surface area contributed by atoms with Crippen molar-refractivity contribution in [2.45, 2.75) is 13.3 Å². The number of carboxylic acids is 1. The van der Waals surface area contributed by atoms with Crippen LogP contribution in [0.15, 0.2) is 18.3 Å². The number of anilines is 1. The molecule has 0 radical (unpaired) electrons. The maximum absolute atomic E-state index is 10.5. The van der Waals surface area contributed by atoms with E-state index in [9.17, 15) is 4.79 Å². The highest BCUT2D eigenvalue weighted by molar-refractivity contribution is 5.85. The van der Waals surface area contributed by atoms with E-state index in [0.29, 0.717) is 5.92 Å². The van der Waals surface area contributed by atoms with E-state index in [1.54, 1.807) is 12.3 Å². The van der Waals surface area contributed by atoms with Crippen LogP contribution in [0.2, 0.25) is 0 Å². The van der Waals surface area contributed by atoms with Gasteiger partial charge in [0, 0.05) is 32.4 Å². The lowest BCUT2D eigenvalue weighted by Gasteiger charge is -2.23. The Bertz CT molecular complexity index is 542. The largest absolute Gasteiger partial charge is 0.478 e. The molecule has 5 heteroatoms. The summed E-state index contributed by atoms with van der Waals surface area (Å²) in [6.07, 6.45) is 5.66. The standard InChI is InChI=1S/C16H23N3O2/c1-12-8-13(4-5-15(20)21)9-17-16(12)19(3)11-14-6-7-18(2)10-14/h4-5,8-9,14H,6-7,10-11H2,1-3H3,(H,20,21)/b5-4+. The van der Waals surface area contributed by atoms with Crippen LogP contribution in [0.25, 0.3) is 6.08 Å². The van der Waals surface area contributed by atoms with Crippen LogP contribution < -0.4 is 4.90 Å². The van der Waals surface area contributed by atoms with E-state index < -0.39 is 5.97 Å². The molecule has 5 nitrogen and oxygen atoms in total. The number of likely N-dealkylation sites (tertiary alicyclic amines) is 1. The summed E-state index contributed by atoms with van der Waals surface area (Å²) in [5, 5.41) is 8.65.